The van der Waals surface area contributed by atoms with Crippen molar-refractivity contribution in [1.29, 1.82) is 0 Å². The minimum atomic E-state index is -1.40. The summed E-state index contributed by atoms with van der Waals surface area (Å²) in [7, 11) is 0. The van der Waals surface area contributed by atoms with E-state index in [4.69, 9.17) is 32.7 Å². The largest absolute Gasteiger partial charge is 0.464 e. The minimum Gasteiger partial charge on any atom is -0.464 e. The number of ether oxygens (including phenoxy) is 2. The van der Waals surface area contributed by atoms with Crippen molar-refractivity contribution in [3.63, 3.8) is 0 Å². The van der Waals surface area contributed by atoms with E-state index in [1.165, 1.54) is 24.3 Å². The van der Waals surface area contributed by atoms with Crippen LogP contribution in [0, 0.1) is 10.1 Å². The highest BCUT2D eigenvalue weighted by atomic mass is 35.5. The van der Waals surface area contributed by atoms with Crippen molar-refractivity contribution in [2.24, 2.45) is 0 Å². The highest BCUT2D eigenvalue weighted by Crippen LogP contribution is 2.25. The molecule has 142 valence electrons. The second-order valence-corrected chi connectivity index (χ2v) is 6.19. The Balaban J connectivity index is 3.18. The number of carbonyl (C=O) groups is 3. The fourth-order valence-electron chi connectivity index (χ4n) is 2.00. The molecule has 1 aromatic carbocycles. The normalized spacial score (nSPS) is 12.8. The molecule has 0 saturated heterocycles. The van der Waals surface area contributed by atoms with Crippen molar-refractivity contribution in [2.45, 2.75) is 30.8 Å². The molecule has 9 nitrogen and oxygen atoms in total. The number of hydrogen-bond acceptors (Lipinski definition) is 7. The van der Waals surface area contributed by atoms with Gasteiger partial charge in [-0.15, -0.1) is 0 Å². The van der Waals surface area contributed by atoms with Crippen LogP contribution in [0.2, 0.25) is 0 Å². The Hall–Kier alpha value is -2.39. The lowest BCUT2D eigenvalue weighted by Crippen LogP contribution is -2.46. The van der Waals surface area contributed by atoms with Gasteiger partial charge in [0, 0.05) is 26.0 Å². The van der Waals surface area contributed by atoms with Gasteiger partial charge in [0.15, 0.2) is 10.9 Å². The molecule has 11 heteroatoms. The second-order valence-electron chi connectivity index (χ2n) is 5.10. The Labute approximate surface area is 158 Å². The molecular formula is C15H16Cl2N2O7. The van der Waals surface area contributed by atoms with E-state index in [0.717, 1.165) is 13.8 Å². The molecule has 1 aromatic rings. The number of non-ortho nitro benzene ring substituents is 1. The molecular weight excluding hydrogens is 391 g/mol. The topological polar surface area (TPSA) is 125 Å². The minimum absolute atomic E-state index is 0.169. The summed E-state index contributed by atoms with van der Waals surface area (Å²) in [6.07, 6.45) is -1.09. The molecule has 0 radical (unpaired) electrons. The van der Waals surface area contributed by atoms with Crippen LogP contribution in [0.3, 0.4) is 0 Å². The number of esters is 2. The molecule has 0 aliphatic rings. The Kier molecular flexibility index (Phi) is 8.27. The first-order valence-electron chi connectivity index (χ1n) is 7.25. The van der Waals surface area contributed by atoms with Crippen LogP contribution in [-0.4, -0.2) is 40.3 Å². The van der Waals surface area contributed by atoms with Crippen LogP contribution in [0.5, 0.6) is 0 Å². The fourth-order valence-corrected chi connectivity index (χ4v) is 2.13. The third kappa shape index (κ3) is 6.85. The third-order valence-electron chi connectivity index (χ3n) is 3.08. The van der Waals surface area contributed by atoms with E-state index in [1.807, 2.05) is 0 Å². The molecule has 0 fully saturated rings. The summed E-state index contributed by atoms with van der Waals surface area (Å²) in [5, 5.41) is 13.2. The molecule has 0 heterocycles. The van der Waals surface area contributed by atoms with Crippen molar-refractivity contribution in [1.82, 2.24) is 5.32 Å². The van der Waals surface area contributed by atoms with Crippen molar-refractivity contribution in [2.75, 3.05) is 6.61 Å². The van der Waals surface area contributed by atoms with Gasteiger partial charge in [-0.05, 0) is 17.7 Å². The summed E-state index contributed by atoms with van der Waals surface area (Å²) in [5.74, 6) is -2.09. The summed E-state index contributed by atoms with van der Waals surface area (Å²) in [6, 6.07) is 4.12. The van der Waals surface area contributed by atoms with E-state index in [1.54, 1.807) is 0 Å². The standard InChI is InChI=1S/C15H16Cl2N2O7/c1-8(20)25-7-12(18-15(22)14(16)17)13(26-9(2)21)10-3-5-11(6-4-10)19(23)24/h3-6,12-14H,7H2,1-2H3,(H,18,22)/t12-,13-/m1/s1. The van der Waals surface area contributed by atoms with E-state index in [-0.39, 0.29) is 12.3 Å². The molecule has 0 saturated carbocycles. The van der Waals surface area contributed by atoms with E-state index in [9.17, 15) is 24.5 Å². The lowest BCUT2D eigenvalue weighted by atomic mass is 10.0. The molecule has 1 N–H and O–H groups in total. The highest BCUT2D eigenvalue weighted by Gasteiger charge is 2.30. The smallest absolute Gasteiger partial charge is 0.303 e. The van der Waals surface area contributed by atoms with Gasteiger partial charge < -0.3 is 14.8 Å². The molecule has 0 aliphatic heterocycles. The zero-order valence-electron chi connectivity index (χ0n) is 13.8. The first kappa shape index (κ1) is 21.7. The molecule has 0 unspecified atom stereocenters. The number of halogens is 2. The molecule has 2 atom stereocenters. The number of nitro benzene ring substituents is 1. The SMILES string of the molecule is CC(=O)OC[C@@H](NC(=O)C(Cl)Cl)[C@H](OC(C)=O)c1ccc([N+](=O)[O-])cc1. The molecule has 0 bridgehead atoms. The van der Waals surface area contributed by atoms with Gasteiger partial charge in [0.05, 0.1) is 4.92 Å². The van der Waals surface area contributed by atoms with Crippen LogP contribution in [-0.2, 0) is 23.9 Å². The van der Waals surface area contributed by atoms with E-state index >= 15 is 0 Å². The monoisotopic (exact) mass is 406 g/mol. The zero-order valence-corrected chi connectivity index (χ0v) is 15.3. The lowest BCUT2D eigenvalue weighted by Gasteiger charge is -2.27. The molecule has 0 spiro atoms. The Morgan fingerprint density at radius 1 is 1.15 bits per heavy atom. The third-order valence-corrected chi connectivity index (χ3v) is 3.48. The summed E-state index contributed by atoms with van der Waals surface area (Å²) in [5.41, 5.74) is 0.168. The van der Waals surface area contributed by atoms with Crippen molar-refractivity contribution < 1.29 is 28.8 Å². The Morgan fingerprint density at radius 3 is 2.15 bits per heavy atom. The highest BCUT2D eigenvalue weighted by molar-refractivity contribution is 6.53. The van der Waals surface area contributed by atoms with Gasteiger partial charge in [0.2, 0.25) is 0 Å². The van der Waals surface area contributed by atoms with Crippen molar-refractivity contribution in [3.8, 4) is 0 Å². The number of amides is 1. The van der Waals surface area contributed by atoms with Crippen LogP contribution in [0.15, 0.2) is 24.3 Å². The maximum atomic E-state index is 11.8. The van der Waals surface area contributed by atoms with E-state index in [2.05, 4.69) is 5.32 Å². The fraction of sp³-hybridized carbons (Fsp3) is 0.400. The lowest BCUT2D eigenvalue weighted by molar-refractivity contribution is -0.384. The molecule has 1 rings (SSSR count). The first-order valence-corrected chi connectivity index (χ1v) is 8.12. The number of hydrogen-bond donors (Lipinski definition) is 1. The average Bonchev–Trinajstić information content (AvgIpc) is 2.56. The first-order chi connectivity index (χ1) is 12.1. The van der Waals surface area contributed by atoms with Crippen LogP contribution < -0.4 is 5.32 Å². The van der Waals surface area contributed by atoms with Gasteiger partial charge in [0.1, 0.15) is 12.6 Å². The Bertz CT molecular complexity index is 679. The van der Waals surface area contributed by atoms with Crippen molar-refractivity contribution >= 4 is 46.7 Å². The van der Waals surface area contributed by atoms with E-state index in [0.29, 0.717) is 5.56 Å². The number of nitrogens with zero attached hydrogens (tertiary/aromatic N) is 1. The average molecular weight is 407 g/mol. The number of rotatable bonds is 8. The zero-order chi connectivity index (χ0) is 19.9. The second kappa shape index (κ2) is 9.93. The van der Waals surface area contributed by atoms with Crippen molar-refractivity contribution in [3.05, 3.63) is 39.9 Å². The van der Waals surface area contributed by atoms with Crippen LogP contribution in [0.25, 0.3) is 0 Å². The summed E-state index contributed by atoms with van der Waals surface area (Å²) in [6.45, 7) is 1.98. The predicted octanol–water partition coefficient (Wildman–Crippen LogP) is 2.05. The maximum Gasteiger partial charge on any atom is 0.303 e. The van der Waals surface area contributed by atoms with Crippen LogP contribution in [0.4, 0.5) is 5.69 Å². The summed E-state index contributed by atoms with van der Waals surface area (Å²) in [4.78, 5) is 43.2. The predicted molar refractivity (Wildman–Crippen MR) is 91.7 cm³/mol. The number of nitro groups is 1. The number of alkyl halides is 2. The quantitative estimate of drug-likeness (QED) is 0.303. The molecule has 0 aromatic heterocycles. The van der Waals surface area contributed by atoms with Gasteiger partial charge in [-0.3, -0.25) is 24.5 Å². The van der Waals surface area contributed by atoms with Crippen LogP contribution >= 0.6 is 23.2 Å². The summed E-state index contributed by atoms with van der Waals surface area (Å²) < 4.78 is 10.1. The van der Waals surface area contributed by atoms with Gasteiger partial charge in [-0.2, -0.15) is 0 Å². The molecule has 26 heavy (non-hydrogen) atoms. The van der Waals surface area contributed by atoms with Gasteiger partial charge in [0.25, 0.3) is 11.6 Å². The van der Waals surface area contributed by atoms with Gasteiger partial charge >= 0.3 is 11.9 Å². The van der Waals surface area contributed by atoms with Gasteiger partial charge in [-0.25, -0.2) is 0 Å². The molecule has 1 amide bonds. The van der Waals surface area contributed by atoms with Crippen LogP contribution in [0.1, 0.15) is 25.5 Å². The van der Waals surface area contributed by atoms with Gasteiger partial charge in [-0.1, -0.05) is 23.2 Å². The summed E-state index contributed by atoms with van der Waals surface area (Å²) >= 11 is 11.0. The molecule has 0 aliphatic carbocycles. The number of benzene rings is 1. The van der Waals surface area contributed by atoms with E-state index < -0.39 is 39.8 Å². The number of carbonyl (C=O) groups excluding carboxylic acids is 3. The number of nitrogens with one attached hydrogen (secondary N) is 1. The Morgan fingerprint density at radius 2 is 1.73 bits per heavy atom. The maximum absolute atomic E-state index is 11.8.